The van der Waals surface area contributed by atoms with E-state index in [-0.39, 0.29) is 0 Å². The van der Waals surface area contributed by atoms with Gasteiger partial charge in [-0.2, -0.15) is 0 Å². The largest absolute Gasteiger partial charge is 0.310 e. The van der Waals surface area contributed by atoms with Crippen LogP contribution in [0.15, 0.2) is 224 Å². The van der Waals surface area contributed by atoms with Gasteiger partial charge in [0, 0.05) is 31.5 Å². The third-order valence-corrected chi connectivity index (χ3v) is 12.8. The molecule has 268 valence electrons. The van der Waals surface area contributed by atoms with Gasteiger partial charge in [0.2, 0.25) is 0 Å². The summed E-state index contributed by atoms with van der Waals surface area (Å²) in [6.45, 7) is 0. The van der Waals surface area contributed by atoms with Crippen molar-refractivity contribution in [3.8, 4) is 33.4 Å². The predicted molar refractivity (Wildman–Crippen MR) is 242 cm³/mol. The molecule has 57 heavy (non-hydrogen) atoms. The highest BCUT2D eigenvalue weighted by atomic mass is 32.1. The summed E-state index contributed by atoms with van der Waals surface area (Å²) in [7, 11) is 0. The summed E-state index contributed by atoms with van der Waals surface area (Å²) in [6.07, 6.45) is 0. The van der Waals surface area contributed by atoms with Crippen LogP contribution in [0.5, 0.6) is 0 Å². The van der Waals surface area contributed by atoms with Crippen molar-refractivity contribution in [2.75, 3.05) is 4.90 Å². The first-order valence-corrected chi connectivity index (χ1v) is 20.4. The van der Waals surface area contributed by atoms with Gasteiger partial charge in [0.05, 0.1) is 11.1 Å². The zero-order valence-corrected chi connectivity index (χ0v) is 32.0. The second kappa shape index (κ2) is 13.6. The maximum atomic E-state index is 2.48. The van der Waals surface area contributed by atoms with E-state index in [9.17, 15) is 0 Å². The van der Waals surface area contributed by atoms with Crippen LogP contribution in [0.3, 0.4) is 0 Å². The topological polar surface area (TPSA) is 3.24 Å². The van der Waals surface area contributed by atoms with Crippen LogP contribution in [0.4, 0.5) is 17.1 Å². The maximum absolute atomic E-state index is 2.48. The first-order valence-electron chi connectivity index (χ1n) is 19.6. The second-order valence-corrected chi connectivity index (χ2v) is 15.9. The van der Waals surface area contributed by atoms with Crippen molar-refractivity contribution in [3.63, 3.8) is 0 Å². The van der Waals surface area contributed by atoms with Crippen molar-refractivity contribution in [2.45, 2.75) is 5.41 Å². The average molecular weight is 744 g/mol. The average Bonchev–Trinajstić information content (AvgIpc) is 3.82. The van der Waals surface area contributed by atoms with Crippen molar-refractivity contribution in [1.82, 2.24) is 0 Å². The van der Waals surface area contributed by atoms with Gasteiger partial charge < -0.3 is 4.90 Å². The third-order valence-electron chi connectivity index (χ3n) is 11.7. The molecule has 9 aromatic carbocycles. The molecule has 11 rings (SSSR count). The van der Waals surface area contributed by atoms with Gasteiger partial charge in [0.15, 0.2) is 0 Å². The molecule has 2 heteroatoms. The van der Waals surface area contributed by atoms with Crippen LogP contribution in [-0.2, 0) is 5.41 Å². The fourth-order valence-electron chi connectivity index (χ4n) is 9.28. The van der Waals surface area contributed by atoms with Crippen LogP contribution in [0.2, 0.25) is 0 Å². The summed E-state index contributed by atoms with van der Waals surface area (Å²) < 4.78 is 2.56. The molecule has 0 atom stereocenters. The van der Waals surface area contributed by atoms with E-state index >= 15 is 0 Å². The lowest BCUT2D eigenvalue weighted by atomic mass is 9.67. The molecular weight excluding hydrogens is 707 g/mol. The van der Waals surface area contributed by atoms with Crippen molar-refractivity contribution >= 4 is 48.6 Å². The maximum Gasteiger partial charge on any atom is 0.0714 e. The van der Waals surface area contributed by atoms with Gasteiger partial charge in [-0.25, -0.2) is 0 Å². The zero-order valence-electron chi connectivity index (χ0n) is 31.2. The highest BCUT2D eigenvalue weighted by molar-refractivity contribution is 7.26. The summed E-state index contributed by atoms with van der Waals surface area (Å²) in [5.74, 6) is 0. The van der Waals surface area contributed by atoms with Crippen LogP contribution in [0.1, 0.15) is 22.3 Å². The summed E-state index contributed by atoms with van der Waals surface area (Å²) in [5.41, 5.74) is 15.7. The summed E-state index contributed by atoms with van der Waals surface area (Å²) in [5, 5.41) is 2.54. The van der Waals surface area contributed by atoms with E-state index in [1.807, 2.05) is 11.3 Å². The molecule has 0 N–H and O–H groups in total. The Kier molecular flexibility index (Phi) is 7.98. The molecular formula is C55H37NS. The molecule has 1 heterocycles. The molecule has 0 saturated carbocycles. The number of rotatable bonds is 7. The molecule has 0 radical (unpaired) electrons. The number of anilines is 3. The van der Waals surface area contributed by atoms with Gasteiger partial charge >= 0.3 is 0 Å². The molecule has 10 aromatic rings. The van der Waals surface area contributed by atoms with Crippen molar-refractivity contribution in [1.29, 1.82) is 0 Å². The van der Waals surface area contributed by atoms with Crippen LogP contribution >= 0.6 is 11.3 Å². The van der Waals surface area contributed by atoms with Gasteiger partial charge in [-0.05, 0) is 104 Å². The number of hydrogen-bond donors (Lipinski definition) is 0. The number of benzene rings is 9. The number of hydrogen-bond acceptors (Lipinski definition) is 2. The molecule has 1 aliphatic rings. The first-order chi connectivity index (χ1) is 28.3. The summed E-state index contributed by atoms with van der Waals surface area (Å²) in [4.78, 5) is 2.43. The minimum Gasteiger partial charge on any atom is -0.310 e. The van der Waals surface area contributed by atoms with E-state index in [1.165, 1.54) is 81.5 Å². The normalized spacial score (nSPS) is 12.7. The standard InChI is InChI=1S/C55H37NS/c1-4-17-38(18-5-1)39-19-14-20-40(35-39)41-21-15-26-45(36-41)56(44-24-8-3-9-25-44)51-31-16-32-52-54(51)48-34-33-43(37-53(48)57-52)55(42-22-6-2-7-23-42)49-29-12-10-27-46(49)47-28-11-13-30-50(47)55/h1-37H. The molecule has 0 unspecified atom stereocenters. The van der Waals surface area contributed by atoms with Gasteiger partial charge in [-0.1, -0.05) is 176 Å². The molecule has 0 fully saturated rings. The zero-order chi connectivity index (χ0) is 37.8. The molecule has 0 bridgehead atoms. The van der Waals surface area contributed by atoms with E-state index < -0.39 is 5.41 Å². The van der Waals surface area contributed by atoms with Gasteiger partial charge in [-0.3, -0.25) is 0 Å². The molecule has 1 nitrogen and oxygen atoms in total. The number of nitrogens with zero attached hydrogens (tertiary/aromatic N) is 1. The second-order valence-electron chi connectivity index (χ2n) is 14.8. The fraction of sp³-hybridized carbons (Fsp3) is 0.0182. The molecule has 0 aliphatic heterocycles. The quantitative estimate of drug-likeness (QED) is 0.157. The van der Waals surface area contributed by atoms with E-state index in [0.717, 1.165) is 11.4 Å². The van der Waals surface area contributed by atoms with Crippen molar-refractivity contribution < 1.29 is 0 Å². The Morgan fingerprint density at radius 2 is 0.895 bits per heavy atom. The smallest absolute Gasteiger partial charge is 0.0714 e. The lowest BCUT2D eigenvalue weighted by molar-refractivity contribution is 0.770. The van der Waals surface area contributed by atoms with Crippen LogP contribution < -0.4 is 4.90 Å². The number of para-hydroxylation sites is 1. The molecule has 1 aliphatic carbocycles. The van der Waals surface area contributed by atoms with Crippen molar-refractivity contribution in [2.24, 2.45) is 0 Å². The summed E-state index contributed by atoms with van der Waals surface area (Å²) in [6, 6.07) is 82.4. The van der Waals surface area contributed by atoms with E-state index in [0.29, 0.717) is 0 Å². The molecule has 0 spiro atoms. The van der Waals surface area contributed by atoms with Crippen LogP contribution in [0.25, 0.3) is 53.6 Å². The van der Waals surface area contributed by atoms with Gasteiger partial charge in [0.1, 0.15) is 0 Å². The highest BCUT2D eigenvalue weighted by Gasteiger charge is 2.46. The monoisotopic (exact) mass is 743 g/mol. The Morgan fingerprint density at radius 3 is 1.61 bits per heavy atom. The number of fused-ring (bicyclic) bond motifs is 6. The first kappa shape index (κ1) is 33.3. The predicted octanol–water partition coefficient (Wildman–Crippen LogP) is 15.2. The van der Waals surface area contributed by atoms with Crippen molar-refractivity contribution in [3.05, 3.63) is 247 Å². The minimum atomic E-state index is -0.435. The van der Waals surface area contributed by atoms with E-state index in [1.54, 1.807) is 0 Å². The SMILES string of the molecule is c1ccc(-c2cccc(-c3cccc(N(c4ccccc4)c4cccc5sc6cc(C7(c8ccccc8)c8ccccc8-c8ccccc87)ccc6c45)c3)c2)cc1. The Morgan fingerprint density at radius 1 is 0.351 bits per heavy atom. The fourth-order valence-corrected chi connectivity index (χ4v) is 10.4. The van der Waals surface area contributed by atoms with Crippen LogP contribution in [0, 0.1) is 0 Å². The minimum absolute atomic E-state index is 0.435. The molecule has 0 saturated heterocycles. The van der Waals surface area contributed by atoms with Gasteiger partial charge in [0.25, 0.3) is 0 Å². The number of thiophene rings is 1. The highest BCUT2D eigenvalue weighted by Crippen LogP contribution is 2.57. The molecule has 1 aromatic heterocycles. The van der Waals surface area contributed by atoms with E-state index in [4.69, 9.17) is 0 Å². The Balaban J connectivity index is 1.09. The lowest BCUT2D eigenvalue weighted by Gasteiger charge is -2.34. The Bertz CT molecular complexity index is 3030. The Hall–Kier alpha value is -7.00. The van der Waals surface area contributed by atoms with E-state index in [2.05, 4.69) is 229 Å². The van der Waals surface area contributed by atoms with Gasteiger partial charge in [-0.15, -0.1) is 11.3 Å². The Labute approximate surface area is 337 Å². The third kappa shape index (κ3) is 5.37. The molecule has 0 amide bonds. The summed E-state index contributed by atoms with van der Waals surface area (Å²) >= 11 is 1.89. The van der Waals surface area contributed by atoms with Crippen LogP contribution in [-0.4, -0.2) is 0 Å². The lowest BCUT2D eigenvalue weighted by Crippen LogP contribution is -2.28.